The lowest BCUT2D eigenvalue weighted by Crippen LogP contribution is -2.43. The molecule has 1 heterocycles. The van der Waals surface area contributed by atoms with Crippen molar-refractivity contribution in [2.75, 3.05) is 18.5 Å². The van der Waals surface area contributed by atoms with Gasteiger partial charge in [0.1, 0.15) is 0 Å². The monoisotopic (exact) mass is 451 g/mol. The van der Waals surface area contributed by atoms with Gasteiger partial charge >= 0.3 is 5.97 Å². The van der Waals surface area contributed by atoms with Gasteiger partial charge in [0, 0.05) is 17.7 Å². The quantitative estimate of drug-likeness (QED) is 0.657. The number of esters is 1. The van der Waals surface area contributed by atoms with Crippen LogP contribution in [0.4, 0.5) is 5.69 Å². The Morgan fingerprint density at radius 1 is 1.09 bits per heavy atom. The van der Waals surface area contributed by atoms with E-state index in [4.69, 9.17) is 4.74 Å². The van der Waals surface area contributed by atoms with Crippen LogP contribution in [0.3, 0.4) is 0 Å². The van der Waals surface area contributed by atoms with Crippen molar-refractivity contribution in [3.05, 3.63) is 65.2 Å². The SMILES string of the molecule is Cc1cccc(NC(=O)COC(=O)[C@H]2CC(=O)N(NC(=O)c3ccc(C(C)(C)C)cc3)C2)c1. The molecule has 174 valence electrons. The van der Waals surface area contributed by atoms with E-state index in [2.05, 4.69) is 31.5 Å². The molecule has 0 saturated carbocycles. The highest BCUT2D eigenvalue weighted by Gasteiger charge is 2.36. The van der Waals surface area contributed by atoms with E-state index in [1.54, 1.807) is 24.3 Å². The molecule has 1 aliphatic heterocycles. The van der Waals surface area contributed by atoms with Crippen LogP contribution in [-0.4, -0.2) is 41.9 Å². The number of ether oxygens (including phenoxy) is 1. The third-order valence-electron chi connectivity index (χ3n) is 5.36. The molecule has 0 aliphatic carbocycles. The second-order valence-corrected chi connectivity index (χ2v) is 9.20. The Morgan fingerprint density at radius 3 is 2.42 bits per heavy atom. The minimum atomic E-state index is -0.757. The highest BCUT2D eigenvalue weighted by molar-refractivity contribution is 5.97. The largest absolute Gasteiger partial charge is 0.455 e. The molecule has 3 rings (SSSR count). The molecule has 2 N–H and O–H groups in total. The summed E-state index contributed by atoms with van der Waals surface area (Å²) >= 11 is 0. The second-order valence-electron chi connectivity index (χ2n) is 9.20. The van der Waals surface area contributed by atoms with Gasteiger partial charge in [0.25, 0.3) is 11.8 Å². The Hall–Kier alpha value is -3.68. The van der Waals surface area contributed by atoms with E-state index in [0.717, 1.165) is 16.1 Å². The first kappa shape index (κ1) is 24.0. The molecule has 33 heavy (non-hydrogen) atoms. The summed E-state index contributed by atoms with van der Waals surface area (Å²) in [5.41, 5.74) is 5.61. The van der Waals surface area contributed by atoms with Crippen LogP contribution in [0.1, 0.15) is 48.7 Å². The molecular weight excluding hydrogens is 422 g/mol. The Kier molecular flexibility index (Phi) is 7.16. The number of nitrogens with zero attached hydrogens (tertiary/aromatic N) is 1. The van der Waals surface area contributed by atoms with Crippen LogP contribution < -0.4 is 10.7 Å². The lowest BCUT2D eigenvalue weighted by atomic mass is 9.87. The minimum absolute atomic E-state index is 0.0109. The topological polar surface area (TPSA) is 105 Å². The Balaban J connectivity index is 1.49. The van der Waals surface area contributed by atoms with Crippen molar-refractivity contribution in [1.29, 1.82) is 0 Å². The highest BCUT2D eigenvalue weighted by atomic mass is 16.5. The fourth-order valence-electron chi connectivity index (χ4n) is 3.46. The molecular formula is C25H29N3O5. The maximum absolute atomic E-state index is 12.5. The van der Waals surface area contributed by atoms with E-state index in [9.17, 15) is 19.2 Å². The van der Waals surface area contributed by atoms with Gasteiger partial charge in [-0.15, -0.1) is 0 Å². The molecule has 0 unspecified atom stereocenters. The van der Waals surface area contributed by atoms with Gasteiger partial charge in [-0.25, -0.2) is 0 Å². The van der Waals surface area contributed by atoms with E-state index in [-0.39, 0.29) is 24.3 Å². The first-order valence-electron chi connectivity index (χ1n) is 10.8. The van der Waals surface area contributed by atoms with Gasteiger partial charge in [0.05, 0.1) is 12.5 Å². The van der Waals surface area contributed by atoms with Crippen LogP contribution in [0, 0.1) is 12.8 Å². The molecule has 0 spiro atoms. The molecule has 2 aromatic carbocycles. The van der Waals surface area contributed by atoms with E-state index >= 15 is 0 Å². The van der Waals surface area contributed by atoms with Crippen molar-refractivity contribution in [3.8, 4) is 0 Å². The lowest BCUT2D eigenvalue weighted by Gasteiger charge is -2.20. The second kappa shape index (κ2) is 9.85. The van der Waals surface area contributed by atoms with E-state index in [0.29, 0.717) is 11.3 Å². The Bertz CT molecular complexity index is 1060. The van der Waals surface area contributed by atoms with Gasteiger partial charge in [-0.1, -0.05) is 45.0 Å². The summed E-state index contributed by atoms with van der Waals surface area (Å²) in [7, 11) is 0. The van der Waals surface area contributed by atoms with E-state index in [1.807, 2.05) is 31.2 Å². The fraction of sp³-hybridized carbons (Fsp3) is 0.360. The lowest BCUT2D eigenvalue weighted by molar-refractivity contribution is -0.151. The predicted molar refractivity (Wildman–Crippen MR) is 123 cm³/mol. The molecule has 1 saturated heterocycles. The van der Waals surface area contributed by atoms with Gasteiger partial charge in [0.15, 0.2) is 6.61 Å². The summed E-state index contributed by atoms with van der Waals surface area (Å²) < 4.78 is 5.08. The smallest absolute Gasteiger partial charge is 0.311 e. The Morgan fingerprint density at radius 2 is 1.79 bits per heavy atom. The number of amides is 3. The van der Waals surface area contributed by atoms with Gasteiger partial charge in [-0.2, -0.15) is 0 Å². The number of benzene rings is 2. The van der Waals surface area contributed by atoms with Gasteiger partial charge < -0.3 is 10.1 Å². The molecule has 1 atom stereocenters. The average Bonchev–Trinajstić information content (AvgIpc) is 3.12. The number of hydrogen-bond acceptors (Lipinski definition) is 5. The summed E-state index contributed by atoms with van der Waals surface area (Å²) in [6.45, 7) is 7.68. The van der Waals surface area contributed by atoms with Gasteiger partial charge in [0.2, 0.25) is 5.91 Å². The highest BCUT2D eigenvalue weighted by Crippen LogP contribution is 2.22. The van der Waals surface area contributed by atoms with Crippen LogP contribution in [0.2, 0.25) is 0 Å². The summed E-state index contributed by atoms with van der Waals surface area (Å²) in [5.74, 6) is -2.71. The molecule has 0 bridgehead atoms. The summed E-state index contributed by atoms with van der Waals surface area (Å²) in [4.78, 5) is 49.2. The zero-order chi connectivity index (χ0) is 24.2. The van der Waals surface area contributed by atoms with E-state index in [1.165, 1.54) is 0 Å². The predicted octanol–water partition coefficient (Wildman–Crippen LogP) is 2.97. The maximum Gasteiger partial charge on any atom is 0.311 e. The summed E-state index contributed by atoms with van der Waals surface area (Å²) in [6, 6.07) is 14.4. The molecule has 0 radical (unpaired) electrons. The first-order valence-corrected chi connectivity index (χ1v) is 10.8. The normalized spacial score (nSPS) is 15.8. The van der Waals surface area contributed by atoms with Crippen molar-refractivity contribution in [3.63, 3.8) is 0 Å². The zero-order valence-corrected chi connectivity index (χ0v) is 19.3. The standard InChI is InChI=1S/C25H29N3O5/c1-16-6-5-7-20(12-16)26-21(29)15-33-24(32)18-13-22(30)28(14-18)27-23(31)17-8-10-19(11-9-17)25(2,3)4/h5-12,18H,13-15H2,1-4H3,(H,26,29)(H,27,31)/t18-/m0/s1. The number of anilines is 1. The third kappa shape index (κ3) is 6.41. The van der Waals surface area contributed by atoms with Crippen LogP contribution in [0.5, 0.6) is 0 Å². The number of rotatable bonds is 6. The third-order valence-corrected chi connectivity index (χ3v) is 5.36. The van der Waals surface area contributed by atoms with Crippen LogP contribution >= 0.6 is 0 Å². The minimum Gasteiger partial charge on any atom is -0.455 e. The van der Waals surface area contributed by atoms with Gasteiger partial charge in [-0.3, -0.25) is 29.6 Å². The zero-order valence-electron chi connectivity index (χ0n) is 19.3. The van der Waals surface area contributed by atoms with Gasteiger partial charge in [-0.05, 0) is 47.7 Å². The number of aryl methyl sites for hydroxylation is 1. The first-order chi connectivity index (χ1) is 15.5. The van der Waals surface area contributed by atoms with Crippen LogP contribution in [0.25, 0.3) is 0 Å². The van der Waals surface area contributed by atoms with Crippen molar-refractivity contribution >= 4 is 29.4 Å². The summed E-state index contributed by atoms with van der Waals surface area (Å²) in [5, 5.41) is 3.78. The maximum atomic E-state index is 12.5. The molecule has 0 aromatic heterocycles. The van der Waals surface area contributed by atoms with E-state index < -0.39 is 30.3 Å². The number of hydrogen-bond donors (Lipinski definition) is 2. The van der Waals surface area contributed by atoms with Crippen molar-refractivity contribution < 1.29 is 23.9 Å². The summed E-state index contributed by atoms with van der Waals surface area (Å²) in [6.07, 6.45) is -0.0957. The molecule has 2 aromatic rings. The van der Waals surface area contributed by atoms with Crippen molar-refractivity contribution in [2.24, 2.45) is 5.92 Å². The molecule has 1 aliphatic rings. The van der Waals surface area contributed by atoms with Crippen LogP contribution in [0.15, 0.2) is 48.5 Å². The number of nitrogens with one attached hydrogen (secondary N) is 2. The van der Waals surface area contributed by atoms with Crippen LogP contribution in [-0.2, 0) is 24.5 Å². The van der Waals surface area contributed by atoms with Crippen molar-refractivity contribution in [2.45, 2.75) is 39.5 Å². The Labute approximate surface area is 193 Å². The number of carbonyl (C=O) groups excluding carboxylic acids is 4. The average molecular weight is 452 g/mol. The number of hydrazine groups is 1. The molecule has 3 amide bonds. The molecule has 8 nitrogen and oxygen atoms in total. The fourth-order valence-corrected chi connectivity index (χ4v) is 3.46. The number of carbonyl (C=O) groups is 4. The van der Waals surface area contributed by atoms with Crippen molar-refractivity contribution in [1.82, 2.24) is 10.4 Å². The molecule has 8 heteroatoms. The molecule has 1 fully saturated rings.